The largest absolute Gasteiger partial charge is 0.358 e. The first kappa shape index (κ1) is 22.1. The average Bonchev–Trinajstić information content (AvgIpc) is 3.28. The number of hydrogen-bond acceptors (Lipinski definition) is 3. The highest BCUT2D eigenvalue weighted by atomic mass is 79.9. The van der Waals surface area contributed by atoms with Crippen LogP contribution in [0.25, 0.3) is 22.3 Å². The Bertz CT molecular complexity index is 1470. The number of benzene rings is 4. The zero-order valence-corrected chi connectivity index (χ0v) is 21.9. The lowest BCUT2D eigenvalue weighted by Crippen LogP contribution is -2.23. The topological polar surface area (TPSA) is 28.2 Å². The minimum absolute atomic E-state index is 0.0609. The van der Waals surface area contributed by atoms with E-state index in [1.807, 2.05) is 24.4 Å². The Morgan fingerprint density at radius 2 is 1.26 bits per heavy atom. The number of nitrogens with one attached hydrogen (secondary N) is 1. The number of nitrogens with zero attached hydrogens (tertiary/aromatic N) is 2. The van der Waals surface area contributed by atoms with Crippen LogP contribution in [0.1, 0.15) is 11.7 Å². The van der Waals surface area contributed by atoms with Crippen molar-refractivity contribution in [3.8, 4) is 22.3 Å². The second-order valence-corrected chi connectivity index (χ2v) is 10.3. The summed E-state index contributed by atoms with van der Waals surface area (Å²) in [7, 11) is 0. The molecule has 1 aliphatic heterocycles. The minimum Gasteiger partial charge on any atom is -0.358 e. The molecule has 1 unspecified atom stereocenters. The van der Waals surface area contributed by atoms with E-state index in [0.717, 1.165) is 42.8 Å². The molecule has 0 amide bonds. The fraction of sp³-hybridized carbons (Fsp3) is 0.0333. The summed E-state index contributed by atoms with van der Waals surface area (Å²) in [5.74, 6) is 0.931. The van der Waals surface area contributed by atoms with Crippen LogP contribution in [-0.4, -0.2) is 4.98 Å². The molecule has 1 aromatic heterocycles. The molecular formula is C30H21Br2N3. The van der Waals surface area contributed by atoms with Crippen molar-refractivity contribution < 1.29 is 0 Å². The smallest absolute Gasteiger partial charge is 0.158 e. The van der Waals surface area contributed by atoms with E-state index in [0.29, 0.717) is 0 Å². The first-order chi connectivity index (χ1) is 17.2. The third-order valence-corrected chi connectivity index (χ3v) is 7.12. The molecule has 2 heterocycles. The van der Waals surface area contributed by atoms with Crippen LogP contribution in [0.5, 0.6) is 0 Å². The van der Waals surface area contributed by atoms with Gasteiger partial charge in [0.1, 0.15) is 6.17 Å². The highest BCUT2D eigenvalue weighted by molar-refractivity contribution is 9.11. The second kappa shape index (κ2) is 9.33. The van der Waals surface area contributed by atoms with Gasteiger partial charge in [0.15, 0.2) is 5.82 Å². The molecule has 0 bridgehead atoms. The van der Waals surface area contributed by atoms with Crippen LogP contribution in [0.15, 0.2) is 124 Å². The van der Waals surface area contributed by atoms with Gasteiger partial charge in [-0.3, -0.25) is 4.90 Å². The lowest BCUT2D eigenvalue weighted by atomic mass is 10.0. The van der Waals surface area contributed by atoms with E-state index >= 15 is 0 Å². The summed E-state index contributed by atoms with van der Waals surface area (Å²) in [5.41, 5.74) is 7.89. The van der Waals surface area contributed by atoms with Gasteiger partial charge in [-0.25, -0.2) is 4.98 Å². The summed E-state index contributed by atoms with van der Waals surface area (Å²) >= 11 is 7.20. The SMILES string of the molecule is Brc1cc(Br)cc(-c2ccc(C3Nc4cc(-c5ccccc5)cnc4N3c3ccccc3)cc2)c1. The zero-order chi connectivity index (χ0) is 23.8. The van der Waals surface area contributed by atoms with Crippen LogP contribution in [0.3, 0.4) is 0 Å². The maximum absolute atomic E-state index is 4.91. The summed E-state index contributed by atoms with van der Waals surface area (Å²) in [6, 6.07) is 38.1. The number of para-hydroxylation sites is 1. The van der Waals surface area contributed by atoms with Gasteiger partial charge in [0.25, 0.3) is 0 Å². The molecule has 0 radical (unpaired) electrons. The molecule has 0 saturated carbocycles. The standard InChI is InChI=1S/C30H21Br2N3/c31-25-15-23(16-26(32)18-25)21-11-13-22(14-12-21)29-34-28-17-24(20-7-3-1-4-8-20)19-33-30(28)35(29)27-9-5-2-6-10-27/h1-19,29,34H. The zero-order valence-electron chi connectivity index (χ0n) is 18.7. The first-order valence-electron chi connectivity index (χ1n) is 11.4. The van der Waals surface area contributed by atoms with Crippen LogP contribution in [-0.2, 0) is 0 Å². The Kier molecular flexibility index (Phi) is 5.88. The lowest BCUT2D eigenvalue weighted by Gasteiger charge is -2.26. The van der Waals surface area contributed by atoms with Gasteiger partial charge in [0, 0.05) is 26.4 Å². The number of aromatic nitrogens is 1. The maximum Gasteiger partial charge on any atom is 0.158 e. The monoisotopic (exact) mass is 581 g/mol. The fourth-order valence-electron chi connectivity index (χ4n) is 4.55. The molecular weight excluding hydrogens is 562 g/mol. The lowest BCUT2D eigenvalue weighted by molar-refractivity contribution is 0.820. The molecule has 0 aliphatic carbocycles. The molecule has 1 atom stereocenters. The highest BCUT2D eigenvalue weighted by Gasteiger charge is 2.32. The van der Waals surface area contributed by atoms with Crippen molar-refractivity contribution in [2.24, 2.45) is 0 Å². The van der Waals surface area contributed by atoms with Crippen molar-refractivity contribution in [2.75, 3.05) is 10.2 Å². The Morgan fingerprint density at radius 3 is 1.94 bits per heavy atom. The van der Waals surface area contributed by atoms with Gasteiger partial charge in [-0.2, -0.15) is 0 Å². The van der Waals surface area contributed by atoms with E-state index in [1.165, 1.54) is 11.1 Å². The van der Waals surface area contributed by atoms with Gasteiger partial charge in [-0.1, -0.05) is 105 Å². The van der Waals surface area contributed by atoms with Crippen molar-refractivity contribution in [3.63, 3.8) is 0 Å². The van der Waals surface area contributed by atoms with Crippen molar-refractivity contribution >= 4 is 49.1 Å². The van der Waals surface area contributed by atoms with Crippen LogP contribution in [0, 0.1) is 0 Å². The van der Waals surface area contributed by atoms with Gasteiger partial charge < -0.3 is 5.32 Å². The third-order valence-electron chi connectivity index (χ3n) is 6.21. The summed E-state index contributed by atoms with van der Waals surface area (Å²) in [6.07, 6.45) is 1.90. The van der Waals surface area contributed by atoms with E-state index < -0.39 is 0 Å². The summed E-state index contributed by atoms with van der Waals surface area (Å²) < 4.78 is 2.10. The summed E-state index contributed by atoms with van der Waals surface area (Å²) in [5, 5.41) is 3.74. The molecule has 5 aromatic rings. The van der Waals surface area contributed by atoms with E-state index in [-0.39, 0.29) is 6.17 Å². The molecule has 3 nitrogen and oxygen atoms in total. The van der Waals surface area contributed by atoms with E-state index in [9.17, 15) is 0 Å². The number of anilines is 3. The predicted molar refractivity (Wildman–Crippen MR) is 152 cm³/mol. The minimum atomic E-state index is -0.0609. The average molecular weight is 583 g/mol. The molecule has 170 valence electrons. The molecule has 5 heteroatoms. The quantitative estimate of drug-likeness (QED) is 0.229. The van der Waals surface area contributed by atoms with E-state index in [4.69, 9.17) is 4.98 Å². The summed E-state index contributed by atoms with van der Waals surface area (Å²) in [4.78, 5) is 7.18. The van der Waals surface area contributed by atoms with Crippen LogP contribution in [0.4, 0.5) is 17.2 Å². The van der Waals surface area contributed by atoms with Gasteiger partial charge in [0.05, 0.1) is 5.69 Å². The van der Waals surface area contributed by atoms with Crippen molar-refractivity contribution in [2.45, 2.75) is 6.17 Å². The molecule has 4 aromatic carbocycles. The maximum atomic E-state index is 4.91. The number of halogens is 2. The van der Waals surface area contributed by atoms with Crippen LogP contribution in [0.2, 0.25) is 0 Å². The fourth-order valence-corrected chi connectivity index (χ4v) is 5.84. The van der Waals surface area contributed by atoms with Gasteiger partial charge in [-0.15, -0.1) is 0 Å². The molecule has 35 heavy (non-hydrogen) atoms. The number of fused-ring (bicyclic) bond motifs is 1. The van der Waals surface area contributed by atoms with Gasteiger partial charge in [-0.05, 0) is 58.7 Å². The van der Waals surface area contributed by atoms with Crippen LogP contribution < -0.4 is 10.2 Å². The van der Waals surface area contributed by atoms with Crippen molar-refractivity contribution in [1.82, 2.24) is 4.98 Å². The summed E-state index contributed by atoms with van der Waals surface area (Å²) in [6.45, 7) is 0. The molecule has 6 rings (SSSR count). The molecule has 1 aliphatic rings. The van der Waals surface area contributed by atoms with Gasteiger partial charge >= 0.3 is 0 Å². The van der Waals surface area contributed by atoms with Crippen molar-refractivity contribution in [1.29, 1.82) is 0 Å². The predicted octanol–water partition coefficient (Wildman–Crippen LogP) is 9.20. The van der Waals surface area contributed by atoms with Gasteiger partial charge in [0.2, 0.25) is 0 Å². The third kappa shape index (κ3) is 4.38. The second-order valence-electron chi connectivity index (χ2n) is 8.49. The van der Waals surface area contributed by atoms with Crippen LogP contribution >= 0.6 is 31.9 Å². The Balaban J connectivity index is 1.39. The van der Waals surface area contributed by atoms with E-state index in [2.05, 4.69) is 133 Å². The molecule has 1 N–H and O–H groups in total. The molecule has 0 saturated heterocycles. The Hall–Kier alpha value is -3.41. The number of rotatable bonds is 4. The van der Waals surface area contributed by atoms with Crippen molar-refractivity contribution in [3.05, 3.63) is 130 Å². The molecule has 0 fully saturated rings. The Morgan fingerprint density at radius 1 is 0.629 bits per heavy atom. The highest BCUT2D eigenvalue weighted by Crippen LogP contribution is 2.46. The van der Waals surface area contributed by atoms with E-state index in [1.54, 1.807) is 0 Å². The first-order valence-corrected chi connectivity index (χ1v) is 13.0. The number of pyridine rings is 1. The molecule has 0 spiro atoms. The Labute approximate surface area is 221 Å². The number of hydrogen-bond donors (Lipinski definition) is 1. The normalized spacial score (nSPS) is 14.5.